The highest BCUT2D eigenvalue weighted by molar-refractivity contribution is 8.18. The minimum Gasteiger partial charge on any atom is -0.493 e. The molecule has 2 fully saturated rings. The van der Waals surface area contributed by atoms with Crippen LogP contribution in [0.15, 0.2) is 41.3 Å². The van der Waals surface area contributed by atoms with E-state index >= 15 is 0 Å². The second-order valence-electron chi connectivity index (χ2n) is 8.25. The molecule has 0 bridgehead atoms. The number of nitrogens with zero attached hydrogens (tertiary/aromatic N) is 1. The van der Waals surface area contributed by atoms with Gasteiger partial charge in [-0.05, 0) is 72.0 Å². The van der Waals surface area contributed by atoms with Crippen LogP contribution >= 0.6 is 23.4 Å². The van der Waals surface area contributed by atoms with Crippen LogP contribution in [0.4, 0.5) is 9.18 Å². The van der Waals surface area contributed by atoms with Crippen molar-refractivity contribution < 1.29 is 23.5 Å². The van der Waals surface area contributed by atoms with Gasteiger partial charge in [-0.1, -0.05) is 43.0 Å². The van der Waals surface area contributed by atoms with Gasteiger partial charge in [0, 0.05) is 6.54 Å². The lowest BCUT2D eigenvalue weighted by atomic mass is 9.89. The van der Waals surface area contributed by atoms with E-state index in [4.69, 9.17) is 21.1 Å². The Morgan fingerprint density at radius 2 is 1.97 bits per heavy atom. The van der Waals surface area contributed by atoms with E-state index in [0.29, 0.717) is 45.0 Å². The van der Waals surface area contributed by atoms with E-state index < -0.39 is 0 Å². The summed E-state index contributed by atoms with van der Waals surface area (Å²) in [5, 5.41) is 0.0587. The molecule has 33 heavy (non-hydrogen) atoms. The van der Waals surface area contributed by atoms with Crippen LogP contribution in [0.3, 0.4) is 0 Å². The van der Waals surface area contributed by atoms with Crippen LogP contribution < -0.4 is 9.47 Å². The molecule has 8 heteroatoms. The molecule has 0 unspecified atom stereocenters. The third kappa shape index (κ3) is 5.71. The molecule has 1 aliphatic carbocycles. The van der Waals surface area contributed by atoms with Crippen molar-refractivity contribution in [3.8, 4) is 11.5 Å². The average Bonchev–Trinajstić information content (AvgIpc) is 3.06. The van der Waals surface area contributed by atoms with E-state index in [1.165, 1.54) is 30.6 Å². The Kier molecular flexibility index (Phi) is 7.60. The molecule has 1 saturated carbocycles. The fourth-order valence-electron chi connectivity index (χ4n) is 4.18. The van der Waals surface area contributed by atoms with Gasteiger partial charge in [0.1, 0.15) is 12.4 Å². The lowest BCUT2D eigenvalue weighted by molar-refractivity contribution is -0.123. The molecule has 4 rings (SSSR count). The Balaban J connectivity index is 1.50. The standard InChI is InChI=1S/C25H25ClFNO4S/c1-31-21-12-18(11-20(26)23(21)32-15-17-8-5-9-19(27)10-17)13-22-24(29)28(25(30)33-22)14-16-6-3-2-4-7-16/h5,8-13,16H,2-4,6-7,14-15H2,1H3/b22-13+. The van der Waals surface area contributed by atoms with Crippen molar-refractivity contribution in [2.75, 3.05) is 13.7 Å². The van der Waals surface area contributed by atoms with Crippen LogP contribution in [0.25, 0.3) is 6.08 Å². The molecule has 0 spiro atoms. The SMILES string of the molecule is COc1cc(/C=C2/SC(=O)N(CC3CCCCC3)C2=O)cc(Cl)c1OCc1cccc(F)c1. The number of benzene rings is 2. The van der Waals surface area contributed by atoms with Gasteiger partial charge in [-0.15, -0.1) is 0 Å². The number of carbonyl (C=O) groups excluding carboxylic acids is 2. The lowest BCUT2D eigenvalue weighted by Crippen LogP contribution is -2.34. The first-order valence-electron chi connectivity index (χ1n) is 10.9. The Labute approximate surface area is 201 Å². The summed E-state index contributed by atoms with van der Waals surface area (Å²) < 4.78 is 24.6. The van der Waals surface area contributed by atoms with Crippen LogP contribution in [-0.4, -0.2) is 29.7 Å². The van der Waals surface area contributed by atoms with Crippen molar-refractivity contribution in [1.29, 1.82) is 0 Å². The minimum absolute atomic E-state index is 0.118. The van der Waals surface area contributed by atoms with Crippen molar-refractivity contribution >= 4 is 40.6 Å². The highest BCUT2D eigenvalue weighted by Gasteiger charge is 2.36. The Morgan fingerprint density at radius 3 is 2.70 bits per heavy atom. The summed E-state index contributed by atoms with van der Waals surface area (Å²) in [7, 11) is 1.49. The molecule has 2 amide bonds. The topological polar surface area (TPSA) is 55.8 Å². The molecule has 0 radical (unpaired) electrons. The Hall–Kier alpha value is -2.51. The van der Waals surface area contributed by atoms with Gasteiger partial charge in [-0.25, -0.2) is 4.39 Å². The van der Waals surface area contributed by atoms with Gasteiger partial charge >= 0.3 is 0 Å². The molecular formula is C25H25ClFNO4S. The van der Waals surface area contributed by atoms with E-state index in [0.717, 1.165) is 37.4 Å². The molecular weight excluding hydrogens is 465 g/mol. The highest BCUT2D eigenvalue weighted by atomic mass is 35.5. The summed E-state index contributed by atoms with van der Waals surface area (Å²) in [5.41, 5.74) is 1.28. The number of hydrogen-bond donors (Lipinski definition) is 0. The third-order valence-corrected chi connectivity index (χ3v) is 7.05. The van der Waals surface area contributed by atoms with Gasteiger partial charge < -0.3 is 9.47 Å². The van der Waals surface area contributed by atoms with Crippen LogP contribution in [0.5, 0.6) is 11.5 Å². The number of thioether (sulfide) groups is 1. The first-order valence-corrected chi connectivity index (χ1v) is 12.1. The number of amides is 2. The Morgan fingerprint density at radius 1 is 1.18 bits per heavy atom. The maximum absolute atomic E-state index is 13.4. The summed E-state index contributed by atoms with van der Waals surface area (Å²) in [5.74, 6) is 0.479. The molecule has 0 aromatic heterocycles. The quantitative estimate of drug-likeness (QED) is 0.406. The zero-order valence-electron chi connectivity index (χ0n) is 18.3. The predicted octanol–water partition coefficient (Wildman–Crippen LogP) is 6.68. The van der Waals surface area contributed by atoms with E-state index in [2.05, 4.69) is 0 Å². The number of hydrogen-bond acceptors (Lipinski definition) is 5. The summed E-state index contributed by atoms with van der Waals surface area (Å²) in [4.78, 5) is 27.1. The van der Waals surface area contributed by atoms with Crippen molar-refractivity contribution in [3.63, 3.8) is 0 Å². The highest BCUT2D eigenvalue weighted by Crippen LogP contribution is 2.40. The molecule has 2 aromatic carbocycles. The van der Waals surface area contributed by atoms with Gasteiger partial charge in [0.05, 0.1) is 17.0 Å². The molecule has 2 aromatic rings. The second kappa shape index (κ2) is 10.6. The van der Waals surface area contributed by atoms with Crippen LogP contribution in [0.1, 0.15) is 43.2 Å². The maximum atomic E-state index is 13.4. The molecule has 1 aliphatic heterocycles. The van der Waals surface area contributed by atoms with E-state index in [9.17, 15) is 14.0 Å². The van der Waals surface area contributed by atoms with Crippen LogP contribution in [-0.2, 0) is 11.4 Å². The number of imide groups is 1. The molecule has 1 saturated heterocycles. The zero-order valence-corrected chi connectivity index (χ0v) is 19.9. The predicted molar refractivity (Wildman–Crippen MR) is 128 cm³/mol. The molecule has 2 aliphatic rings. The minimum atomic E-state index is -0.345. The maximum Gasteiger partial charge on any atom is 0.293 e. The fraction of sp³-hybridized carbons (Fsp3) is 0.360. The Bertz CT molecular complexity index is 1080. The van der Waals surface area contributed by atoms with Crippen molar-refractivity contribution in [2.45, 2.75) is 38.7 Å². The summed E-state index contributed by atoms with van der Waals surface area (Å²) in [6.45, 7) is 0.603. The first kappa shape index (κ1) is 23.6. The van der Waals surface area contributed by atoms with Crippen LogP contribution in [0.2, 0.25) is 5.02 Å². The number of carbonyl (C=O) groups is 2. The molecule has 5 nitrogen and oxygen atoms in total. The first-order chi connectivity index (χ1) is 15.9. The number of rotatable bonds is 7. The normalized spacial score (nSPS) is 18.3. The second-order valence-corrected chi connectivity index (χ2v) is 9.65. The zero-order chi connectivity index (χ0) is 23.4. The number of methoxy groups -OCH3 is 1. The van der Waals surface area contributed by atoms with Crippen molar-refractivity contribution in [1.82, 2.24) is 4.90 Å². The molecule has 174 valence electrons. The summed E-state index contributed by atoms with van der Waals surface area (Å²) in [6, 6.07) is 9.46. The van der Waals surface area contributed by atoms with Gasteiger partial charge in [0.15, 0.2) is 11.5 Å². The van der Waals surface area contributed by atoms with Gasteiger partial charge in [-0.3, -0.25) is 14.5 Å². The number of ether oxygens (including phenoxy) is 2. The molecule has 0 N–H and O–H groups in total. The van der Waals surface area contributed by atoms with Crippen LogP contribution in [0, 0.1) is 11.7 Å². The summed E-state index contributed by atoms with van der Waals surface area (Å²) >= 11 is 7.39. The molecule has 0 atom stereocenters. The smallest absolute Gasteiger partial charge is 0.293 e. The van der Waals surface area contributed by atoms with Gasteiger partial charge in [-0.2, -0.15) is 0 Å². The van der Waals surface area contributed by atoms with E-state index in [-0.39, 0.29) is 23.6 Å². The monoisotopic (exact) mass is 489 g/mol. The largest absolute Gasteiger partial charge is 0.493 e. The van der Waals surface area contributed by atoms with E-state index in [1.54, 1.807) is 30.3 Å². The van der Waals surface area contributed by atoms with Crippen molar-refractivity contribution in [3.05, 3.63) is 63.3 Å². The van der Waals surface area contributed by atoms with E-state index in [1.807, 2.05) is 0 Å². The third-order valence-electron chi connectivity index (χ3n) is 5.86. The van der Waals surface area contributed by atoms with Crippen molar-refractivity contribution in [2.24, 2.45) is 5.92 Å². The fourth-order valence-corrected chi connectivity index (χ4v) is 5.30. The number of halogens is 2. The molecule has 1 heterocycles. The average molecular weight is 490 g/mol. The van der Waals surface area contributed by atoms with Gasteiger partial charge in [0.2, 0.25) is 0 Å². The summed E-state index contributed by atoms with van der Waals surface area (Å²) in [6.07, 6.45) is 7.31. The van der Waals surface area contributed by atoms with Gasteiger partial charge in [0.25, 0.3) is 11.1 Å². The lowest BCUT2D eigenvalue weighted by Gasteiger charge is -2.25.